The van der Waals surface area contributed by atoms with Crippen LogP contribution >= 0.6 is 0 Å². The Balaban J connectivity index is 2.63. The first-order chi connectivity index (χ1) is 8.10. The first-order valence-corrected chi connectivity index (χ1v) is 5.38. The van der Waals surface area contributed by atoms with E-state index in [4.69, 9.17) is 13.9 Å². The van der Waals surface area contributed by atoms with Crippen molar-refractivity contribution in [2.24, 2.45) is 0 Å². The Morgan fingerprint density at radius 2 is 2.00 bits per heavy atom. The van der Waals surface area contributed by atoms with E-state index >= 15 is 0 Å². The van der Waals surface area contributed by atoms with Gasteiger partial charge in [0.1, 0.15) is 17.1 Å². The number of rotatable bonds is 3. The van der Waals surface area contributed by atoms with Gasteiger partial charge in [-0.3, -0.25) is 0 Å². The Labute approximate surface area is 98.8 Å². The SMILES string of the molecule is COc1ccc2c(OC(C)C)cc(=O)oc2c1. The second kappa shape index (κ2) is 4.49. The molecule has 0 fully saturated rings. The molecule has 1 aromatic heterocycles. The summed E-state index contributed by atoms with van der Waals surface area (Å²) in [6.45, 7) is 3.81. The lowest BCUT2D eigenvalue weighted by atomic mass is 10.2. The van der Waals surface area contributed by atoms with Gasteiger partial charge < -0.3 is 13.9 Å². The van der Waals surface area contributed by atoms with Gasteiger partial charge in [0.25, 0.3) is 0 Å². The van der Waals surface area contributed by atoms with Gasteiger partial charge in [-0.1, -0.05) is 0 Å². The summed E-state index contributed by atoms with van der Waals surface area (Å²) in [5, 5.41) is 0.763. The molecule has 0 bridgehead atoms. The van der Waals surface area contributed by atoms with Crippen molar-refractivity contribution in [1.29, 1.82) is 0 Å². The summed E-state index contributed by atoms with van der Waals surface area (Å²) in [5.41, 5.74) is 0.0360. The molecular weight excluding hydrogens is 220 g/mol. The maximum Gasteiger partial charge on any atom is 0.339 e. The third-order valence-corrected chi connectivity index (χ3v) is 2.28. The molecule has 0 spiro atoms. The number of benzene rings is 1. The fraction of sp³-hybridized carbons (Fsp3) is 0.308. The second-order valence-corrected chi connectivity index (χ2v) is 3.96. The number of hydrogen-bond donors (Lipinski definition) is 0. The van der Waals surface area contributed by atoms with E-state index in [0.29, 0.717) is 17.1 Å². The molecule has 0 N–H and O–H groups in total. The summed E-state index contributed by atoms with van der Waals surface area (Å²) >= 11 is 0. The summed E-state index contributed by atoms with van der Waals surface area (Å²) in [7, 11) is 1.56. The smallest absolute Gasteiger partial charge is 0.339 e. The van der Waals surface area contributed by atoms with Crippen LogP contribution in [0.3, 0.4) is 0 Å². The highest BCUT2D eigenvalue weighted by Crippen LogP contribution is 2.27. The fourth-order valence-corrected chi connectivity index (χ4v) is 1.59. The molecule has 0 aliphatic rings. The molecule has 0 unspecified atom stereocenters. The molecule has 0 aliphatic carbocycles. The minimum absolute atomic E-state index is 0.00195. The molecule has 2 aromatic rings. The molecule has 17 heavy (non-hydrogen) atoms. The monoisotopic (exact) mass is 234 g/mol. The van der Waals surface area contributed by atoms with Gasteiger partial charge in [0.2, 0.25) is 0 Å². The summed E-state index contributed by atoms with van der Waals surface area (Å²) < 4.78 is 15.8. The molecular formula is C13H14O4. The number of hydrogen-bond acceptors (Lipinski definition) is 4. The lowest BCUT2D eigenvalue weighted by Gasteiger charge is -2.11. The molecule has 0 saturated heterocycles. The maximum absolute atomic E-state index is 11.4. The van der Waals surface area contributed by atoms with Crippen LogP contribution in [0.15, 0.2) is 33.5 Å². The minimum atomic E-state index is -0.429. The van der Waals surface area contributed by atoms with E-state index < -0.39 is 5.63 Å². The van der Waals surface area contributed by atoms with Crippen LogP contribution in [0.1, 0.15) is 13.8 Å². The van der Waals surface area contributed by atoms with Crippen LogP contribution in [0.25, 0.3) is 11.0 Å². The molecule has 0 saturated carbocycles. The highest BCUT2D eigenvalue weighted by atomic mass is 16.5. The zero-order valence-corrected chi connectivity index (χ0v) is 10.0. The Kier molecular flexibility index (Phi) is 3.04. The van der Waals surface area contributed by atoms with Crippen LogP contribution in [0.5, 0.6) is 11.5 Å². The van der Waals surface area contributed by atoms with Crippen molar-refractivity contribution in [2.75, 3.05) is 7.11 Å². The van der Waals surface area contributed by atoms with Crippen LogP contribution in [-0.4, -0.2) is 13.2 Å². The first-order valence-electron chi connectivity index (χ1n) is 5.38. The topological polar surface area (TPSA) is 48.7 Å². The van der Waals surface area contributed by atoms with Gasteiger partial charge in [0, 0.05) is 6.07 Å². The number of ether oxygens (including phenoxy) is 2. The molecule has 0 atom stereocenters. The molecule has 1 heterocycles. The van der Waals surface area contributed by atoms with E-state index in [1.54, 1.807) is 19.2 Å². The Hall–Kier alpha value is -1.97. The summed E-state index contributed by atoms with van der Waals surface area (Å²) in [6, 6.07) is 6.64. The molecule has 4 heteroatoms. The van der Waals surface area contributed by atoms with Crippen molar-refractivity contribution in [1.82, 2.24) is 0 Å². The first kappa shape index (κ1) is 11.5. The molecule has 0 amide bonds. The van der Waals surface area contributed by atoms with Crippen molar-refractivity contribution in [3.05, 3.63) is 34.7 Å². The predicted molar refractivity (Wildman–Crippen MR) is 64.8 cm³/mol. The molecule has 4 nitrogen and oxygen atoms in total. The van der Waals surface area contributed by atoms with E-state index in [1.807, 2.05) is 19.9 Å². The zero-order chi connectivity index (χ0) is 12.4. The zero-order valence-electron chi connectivity index (χ0n) is 10.0. The summed E-state index contributed by atoms with van der Waals surface area (Å²) in [5.74, 6) is 1.18. The standard InChI is InChI=1S/C13H14O4/c1-8(2)16-12-7-13(14)17-11-6-9(15-3)4-5-10(11)12/h4-8H,1-3H3. The Morgan fingerprint density at radius 3 is 2.65 bits per heavy atom. The van der Waals surface area contributed by atoms with Crippen LogP contribution in [0, 0.1) is 0 Å². The van der Waals surface area contributed by atoms with E-state index in [1.165, 1.54) is 6.07 Å². The quantitative estimate of drug-likeness (QED) is 0.766. The average molecular weight is 234 g/mol. The third kappa shape index (κ3) is 2.41. The van der Waals surface area contributed by atoms with Crippen LogP contribution in [0.2, 0.25) is 0 Å². The molecule has 2 rings (SSSR count). The molecule has 1 aromatic carbocycles. The second-order valence-electron chi connectivity index (χ2n) is 3.96. The highest BCUT2D eigenvalue weighted by molar-refractivity contribution is 5.84. The average Bonchev–Trinajstić information content (AvgIpc) is 2.27. The Morgan fingerprint density at radius 1 is 1.24 bits per heavy atom. The van der Waals surface area contributed by atoms with Crippen molar-refractivity contribution < 1.29 is 13.9 Å². The van der Waals surface area contributed by atoms with Crippen molar-refractivity contribution in [3.63, 3.8) is 0 Å². The molecule has 0 radical (unpaired) electrons. The maximum atomic E-state index is 11.4. The van der Waals surface area contributed by atoms with Gasteiger partial charge in [0.05, 0.1) is 24.7 Å². The van der Waals surface area contributed by atoms with Gasteiger partial charge in [-0.2, -0.15) is 0 Å². The van der Waals surface area contributed by atoms with E-state index in [9.17, 15) is 4.79 Å². The normalized spacial score (nSPS) is 10.8. The van der Waals surface area contributed by atoms with E-state index in [-0.39, 0.29) is 6.10 Å². The molecule has 90 valence electrons. The third-order valence-electron chi connectivity index (χ3n) is 2.28. The van der Waals surface area contributed by atoms with Crippen molar-refractivity contribution in [3.8, 4) is 11.5 Å². The summed E-state index contributed by atoms with van der Waals surface area (Å²) in [4.78, 5) is 11.4. The lowest BCUT2D eigenvalue weighted by Crippen LogP contribution is -2.08. The van der Waals surface area contributed by atoms with E-state index in [2.05, 4.69) is 0 Å². The van der Waals surface area contributed by atoms with Crippen molar-refractivity contribution >= 4 is 11.0 Å². The largest absolute Gasteiger partial charge is 0.497 e. The van der Waals surface area contributed by atoms with Gasteiger partial charge in [-0.05, 0) is 26.0 Å². The lowest BCUT2D eigenvalue weighted by molar-refractivity contribution is 0.244. The van der Waals surface area contributed by atoms with Crippen molar-refractivity contribution in [2.45, 2.75) is 20.0 Å². The molecule has 0 aliphatic heterocycles. The number of methoxy groups -OCH3 is 1. The van der Waals surface area contributed by atoms with Crippen LogP contribution in [-0.2, 0) is 0 Å². The fourth-order valence-electron chi connectivity index (χ4n) is 1.59. The van der Waals surface area contributed by atoms with E-state index in [0.717, 1.165) is 5.39 Å². The van der Waals surface area contributed by atoms with Crippen LogP contribution < -0.4 is 15.1 Å². The minimum Gasteiger partial charge on any atom is -0.497 e. The number of fused-ring (bicyclic) bond motifs is 1. The van der Waals surface area contributed by atoms with Gasteiger partial charge in [0.15, 0.2) is 0 Å². The van der Waals surface area contributed by atoms with Crippen LogP contribution in [0.4, 0.5) is 0 Å². The van der Waals surface area contributed by atoms with Gasteiger partial charge in [-0.15, -0.1) is 0 Å². The van der Waals surface area contributed by atoms with Gasteiger partial charge in [-0.25, -0.2) is 4.79 Å². The van der Waals surface area contributed by atoms with Gasteiger partial charge >= 0.3 is 5.63 Å². The summed E-state index contributed by atoms with van der Waals surface area (Å²) in [6.07, 6.45) is 0.00195. The highest BCUT2D eigenvalue weighted by Gasteiger charge is 2.09. The Bertz CT molecular complexity index is 583. The predicted octanol–water partition coefficient (Wildman–Crippen LogP) is 2.59.